The van der Waals surface area contributed by atoms with Crippen LogP contribution in [-0.4, -0.2) is 26.9 Å². The highest BCUT2D eigenvalue weighted by atomic mass is 16.6. The third-order valence-electron chi connectivity index (χ3n) is 2.97. The van der Waals surface area contributed by atoms with Crippen LogP contribution in [0.15, 0.2) is 12.1 Å². The fraction of sp³-hybridized carbons (Fsp3) is 0.462. The first-order chi connectivity index (χ1) is 8.65. The highest BCUT2D eigenvalue weighted by Gasteiger charge is 2.27. The lowest BCUT2D eigenvalue weighted by Crippen LogP contribution is -2.35. The SMILES string of the molecule is COc1cc(C)cc(OC)c1[C@H]1CCOC(=O)N1. The van der Waals surface area contributed by atoms with Crippen LogP contribution in [0.1, 0.15) is 23.6 Å². The van der Waals surface area contributed by atoms with E-state index in [-0.39, 0.29) is 6.04 Å². The van der Waals surface area contributed by atoms with Crippen molar-refractivity contribution in [3.05, 3.63) is 23.3 Å². The zero-order valence-corrected chi connectivity index (χ0v) is 10.8. The van der Waals surface area contributed by atoms with E-state index in [2.05, 4.69) is 5.32 Å². The van der Waals surface area contributed by atoms with Crippen LogP contribution in [0.4, 0.5) is 4.79 Å². The molecule has 1 aromatic rings. The van der Waals surface area contributed by atoms with Crippen molar-refractivity contribution in [1.29, 1.82) is 0 Å². The van der Waals surface area contributed by atoms with Crippen molar-refractivity contribution < 1.29 is 19.0 Å². The Kier molecular flexibility index (Phi) is 3.60. The number of carbonyl (C=O) groups is 1. The Morgan fingerprint density at radius 3 is 2.39 bits per heavy atom. The van der Waals surface area contributed by atoms with Gasteiger partial charge in [0.05, 0.1) is 32.4 Å². The molecule has 0 aromatic heterocycles. The molecule has 1 aromatic carbocycles. The monoisotopic (exact) mass is 251 g/mol. The van der Waals surface area contributed by atoms with E-state index in [1.165, 1.54) is 0 Å². The second kappa shape index (κ2) is 5.16. The van der Waals surface area contributed by atoms with Gasteiger partial charge in [-0.1, -0.05) is 0 Å². The Balaban J connectivity index is 2.43. The molecule has 1 saturated heterocycles. The lowest BCUT2D eigenvalue weighted by atomic mass is 9.99. The topological polar surface area (TPSA) is 56.8 Å². The maximum atomic E-state index is 11.3. The second-order valence-electron chi connectivity index (χ2n) is 4.20. The third-order valence-corrected chi connectivity index (χ3v) is 2.97. The first kappa shape index (κ1) is 12.5. The van der Waals surface area contributed by atoms with Crippen molar-refractivity contribution in [3.63, 3.8) is 0 Å². The molecule has 18 heavy (non-hydrogen) atoms. The van der Waals surface area contributed by atoms with E-state index in [0.717, 1.165) is 22.6 Å². The lowest BCUT2D eigenvalue weighted by molar-refractivity contribution is 0.114. The minimum atomic E-state index is -0.407. The molecule has 2 rings (SSSR count). The molecule has 0 bridgehead atoms. The van der Waals surface area contributed by atoms with Crippen molar-refractivity contribution in [2.24, 2.45) is 0 Å². The van der Waals surface area contributed by atoms with Gasteiger partial charge >= 0.3 is 6.09 Å². The predicted molar refractivity (Wildman–Crippen MR) is 66.1 cm³/mol. The minimum absolute atomic E-state index is 0.142. The van der Waals surface area contributed by atoms with Crippen LogP contribution in [0, 0.1) is 6.92 Å². The summed E-state index contributed by atoms with van der Waals surface area (Å²) >= 11 is 0. The number of hydrogen-bond donors (Lipinski definition) is 1. The molecule has 0 unspecified atom stereocenters. The normalized spacial score (nSPS) is 18.8. The largest absolute Gasteiger partial charge is 0.496 e. The van der Waals surface area contributed by atoms with Gasteiger partial charge in [0, 0.05) is 6.42 Å². The van der Waals surface area contributed by atoms with Crippen LogP contribution in [-0.2, 0) is 4.74 Å². The van der Waals surface area contributed by atoms with E-state index in [1.54, 1.807) is 14.2 Å². The maximum absolute atomic E-state index is 11.3. The second-order valence-corrected chi connectivity index (χ2v) is 4.20. The van der Waals surface area contributed by atoms with E-state index in [9.17, 15) is 4.79 Å². The van der Waals surface area contributed by atoms with E-state index in [0.29, 0.717) is 13.0 Å². The molecule has 5 heteroatoms. The number of alkyl carbamates (subject to hydrolysis) is 1. The zero-order valence-electron chi connectivity index (χ0n) is 10.8. The fourth-order valence-corrected chi connectivity index (χ4v) is 2.16. The van der Waals surface area contributed by atoms with Crippen LogP contribution < -0.4 is 14.8 Å². The summed E-state index contributed by atoms with van der Waals surface area (Å²) in [4.78, 5) is 11.3. The number of aryl methyl sites for hydroxylation is 1. The predicted octanol–water partition coefficient (Wildman–Crippen LogP) is 2.18. The number of hydrogen-bond acceptors (Lipinski definition) is 4. The van der Waals surface area contributed by atoms with Gasteiger partial charge in [-0.05, 0) is 24.6 Å². The zero-order chi connectivity index (χ0) is 13.1. The summed E-state index contributed by atoms with van der Waals surface area (Å²) in [6.45, 7) is 2.37. The highest BCUT2D eigenvalue weighted by Crippen LogP contribution is 2.37. The Hall–Kier alpha value is -1.91. The molecule has 98 valence electrons. The number of carbonyl (C=O) groups excluding carboxylic acids is 1. The van der Waals surface area contributed by atoms with Crippen LogP contribution in [0.5, 0.6) is 11.5 Å². The molecule has 1 aliphatic rings. The summed E-state index contributed by atoms with van der Waals surface area (Å²) in [5.41, 5.74) is 1.91. The number of rotatable bonds is 3. The van der Waals surface area contributed by atoms with Gasteiger partial charge in [-0.2, -0.15) is 0 Å². The quantitative estimate of drug-likeness (QED) is 0.894. The summed E-state index contributed by atoms with van der Waals surface area (Å²) in [5, 5.41) is 2.78. The molecule has 5 nitrogen and oxygen atoms in total. The van der Waals surface area contributed by atoms with E-state index < -0.39 is 6.09 Å². The van der Waals surface area contributed by atoms with Gasteiger partial charge in [-0.3, -0.25) is 0 Å². The molecule has 0 aliphatic carbocycles. The summed E-state index contributed by atoms with van der Waals surface area (Å²) < 4.78 is 15.6. The van der Waals surface area contributed by atoms with Gasteiger partial charge in [0.25, 0.3) is 0 Å². The number of ether oxygens (including phenoxy) is 3. The van der Waals surface area contributed by atoms with Gasteiger partial charge in [-0.15, -0.1) is 0 Å². The molecular formula is C13H17NO4. The van der Waals surface area contributed by atoms with Crippen LogP contribution in [0.2, 0.25) is 0 Å². The van der Waals surface area contributed by atoms with Crippen LogP contribution in [0.25, 0.3) is 0 Å². The average molecular weight is 251 g/mol. The molecule has 0 radical (unpaired) electrons. The number of methoxy groups -OCH3 is 2. The van der Waals surface area contributed by atoms with Crippen molar-refractivity contribution in [3.8, 4) is 11.5 Å². The smallest absolute Gasteiger partial charge is 0.407 e. The first-order valence-corrected chi connectivity index (χ1v) is 5.81. The molecule has 1 amide bonds. The fourth-order valence-electron chi connectivity index (χ4n) is 2.16. The molecule has 1 aliphatic heterocycles. The van der Waals surface area contributed by atoms with Crippen molar-refractivity contribution >= 4 is 6.09 Å². The van der Waals surface area contributed by atoms with Crippen LogP contribution in [0.3, 0.4) is 0 Å². The van der Waals surface area contributed by atoms with Gasteiger partial charge in [-0.25, -0.2) is 4.79 Å². The molecule has 1 heterocycles. The van der Waals surface area contributed by atoms with Gasteiger partial charge in [0.1, 0.15) is 11.5 Å². The van der Waals surface area contributed by atoms with Crippen LogP contribution >= 0.6 is 0 Å². The summed E-state index contributed by atoms with van der Waals surface area (Å²) in [6, 6.07) is 3.72. The Morgan fingerprint density at radius 1 is 1.28 bits per heavy atom. The highest BCUT2D eigenvalue weighted by molar-refractivity contribution is 5.69. The molecule has 1 atom stereocenters. The summed E-state index contributed by atoms with van der Waals surface area (Å²) in [6.07, 6.45) is 0.289. The summed E-state index contributed by atoms with van der Waals surface area (Å²) in [5.74, 6) is 1.44. The van der Waals surface area contributed by atoms with Crippen molar-refractivity contribution in [1.82, 2.24) is 5.32 Å². The van der Waals surface area contributed by atoms with Crippen molar-refractivity contribution in [2.45, 2.75) is 19.4 Å². The van der Waals surface area contributed by atoms with E-state index >= 15 is 0 Å². The Labute approximate surface area is 106 Å². The molecule has 1 N–H and O–H groups in total. The van der Waals surface area contributed by atoms with Gasteiger partial charge in [0.2, 0.25) is 0 Å². The standard InChI is InChI=1S/C13H17NO4/c1-8-6-10(16-2)12(11(7-8)17-3)9-4-5-18-13(15)14-9/h6-7,9H,4-5H2,1-3H3,(H,14,15)/t9-/m1/s1. The molecular weight excluding hydrogens is 234 g/mol. The number of nitrogens with one attached hydrogen (secondary N) is 1. The summed E-state index contributed by atoms with van der Waals surface area (Å²) in [7, 11) is 3.22. The van der Waals surface area contributed by atoms with Gasteiger partial charge in [0.15, 0.2) is 0 Å². The Morgan fingerprint density at radius 2 is 1.89 bits per heavy atom. The third kappa shape index (κ3) is 2.34. The number of cyclic esters (lactones) is 1. The number of benzene rings is 1. The first-order valence-electron chi connectivity index (χ1n) is 5.81. The van der Waals surface area contributed by atoms with Gasteiger partial charge < -0.3 is 19.5 Å². The maximum Gasteiger partial charge on any atom is 0.407 e. The Bertz CT molecular complexity index is 433. The number of amides is 1. The molecule has 0 spiro atoms. The molecule has 0 saturated carbocycles. The minimum Gasteiger partial charge on any atom is -0.496 e. The van der Waals surface area contributed by atoms with Crippen molar-refractivity contribution in [2.75, 3.05) is 20.8 Å². The van der Waals surface area contributed by atoms with E-state index in [4.69, 9.17) is 14.2 Å². The lowest BCUT2D eigenvalue weighted by Gasteiger charge is -2.26. The molecule has 1 fully saturated rings. The van der Waals surface area contributed by atoms with E-state index in [1.807, 2.05) is 19.1 Å². The average Bonchev–Trinajstić information content (AvgIpc) is 2.37.